The molecule has 142 valence electrons. The molecule has 0 spiro atoms. The fourth-order valence-electron chi connectivity index (χ4n) is 2.70. The summed E-state index contributed by atoms with van der Waals surface area (Å²) in [5.74, 6) is 0. The zero-order valence-electron chi connectivity index (χ0n) is 15.4. The number of ether oxygens (including phenoxy) is 1. The predicted molar refractivity (Wildman–Crippen MR) is 92.8 cm³/mol. The van der Waals surface area contributed by atoms with Gasteiger partial charge in [-0.05, 0) is 6.42 Å². The summed E-state index contributed by atoms with van der Waals surface area (Å²) in [4.78, 5) is 0. The molecule has 0 rings (SSSR count). The van der Waals surface area contributed by atoms with Gasteiger partial charge in [0.2, 0.25) is 0 Å². The Balaban J connectivity index is 0. The van der Waals surface area contributed by atoms with Gasteiger partial charge in [-0.15, -0.1) is 0 Å². The van der Waals surface area contributed by atoms with Crippen LogP contribution in [0.15, 0.2) is 0 Å². The number of likely N-dealkylation sites (N-methyl/N-ethyl adjacent to an activating group) is 1. The van der Waals surface area contributed by atoms with Crippen molar-refractivity contribution < 1.29 is 31.8 Å². The Labute approximate surface area is 150 Å². The molecule has 0 bridgehead atoms. The fraction of sp³-hybridized carbons (Fsp3) is 1.00. The number of aliphatic hydroxyl groups is 2. The third-order valence-electron chi connectivity index (χ3n) is 4.32. The standard InChI is InChI=1S/C18H40NO3.ClH/c1-3-4-5-6-7-8-9-10-11-12-17-22-18-19(2,13-15-20)14-16-21;/h20-21H,3-18H2,1-2H3;1H/q+1;/p-1. The molecule has 0 aromatic carbocycles. The minimum atomic E-state index is 0. The highest BCUT2D eigenvalue weighted by Crippen LogP contribution is 2.10. The summed E-state index contributed by atoms with van der Waals surface area (Å²) in [6.07, 6.45) is 13.3. The number of halogens is 1. The van der Waals surface area contributed by atoms with Gasteiger partial charge in [-0.2, -0.15) is 0 Å². The first-order valence-corrected chi connectivity index (χ1v) is 9.31. The average molecular weight is 354 g/mol. The number of hydrogen-bond donors (Lipinski definition) is 2. The van der Waals surface area contributed by atoms with E-state index in [1.165, 1.54) is 57.8 Å². The molecule has 0 amide bonds. The monoisotopic (exact) mass is 353 g/mol. The van der Waals surface area contributed by atoms with Crippen LogP contribution in [0.4, 0.5) is 0 Å². The normalized spacial score (nSPS) is 11.5. The zero-order valence-corrected chi connectivity index (χ0v) is 16.2. The molecule has 0 aromatic rings. The number of unbranched alkanes of at least 4 members (excludes halogenated alkanes) is 9. The molecule has 0 unspecified atom stereocenters. The minimum absolute atomic E-state index is 0. The van der Waals surface area contributed by atoms with Gasteiger partial charge in [-0.25, -0.2) is 0 Å². The van der Waals surface area contributed by atoms with E-state index in [0.717, 1.165) is 13.0 Å². The van der Waals surface area contributed by atoms with Crippen LogP contribution in [0, 0.1) is 0 Å². The number of hydrogen-bond acceptors (Lipinski definition) is 3. The Bertz CT molecular complexity index is 224. The molecular formula is C18H40ClNO3. The van der Waals surface area contributed by atoms with Crippen molar-refractivity contribution >= 4 is 0 Å². The molecule has 0 aromatic heterocycles. The van der Waals surface area contributed by atoms with Crippen LogP contribution in [0.25, 0.3) is 0 Å². The highest BCUT2D eigenvalue weighted by atomic mass is 35.5. The first-order chi connectivity index (χ1) is 10.7. The van der Waals surface area contributed by atoms with Crippen molar-refractivity contribution in [3.63, 3.8) is 0 Å². The molecule has 0 fully saturated rings. The van der Waals surface area contributed by atoms with Crippen LogP contribution in [-0.4, -0.2) is 61.4 Å². The maximum atomic E-state index is 9.07. The van der Waals surface area contributed by atoms with Crippen LogP contribution in [0.3, 0.4) is 0 Å². The van der Waals surface area contributed by atoms with Crippen LogP contribution >= 0.6 is 0 Å². The first-order valence-electron chi connectivity index (χ1n) is 9.31. The van der Waals surface area contributed by atoms with E-state index in [1.807, 2.05) is 7.05 Å². The highest BCUT2D eigenvalue weighted by Gasteiger charge is 2.20. The largest absolute Gasteiger partial charge is 1.00 e. The van der Waals surface area contributed by atoms with Gasteiger partial charge in [0.15, 0.2) is 6.73 Å². The van der Waals surface area contributed by atoms with Crippen molar-refractivity contribution in [2.24, 2.45) is 0 Å². The maximum Gasteiger partial charge on any atom is 0.183 e. The molecule has 2 N–H and O–H groups in total. The molecule has 0 saturated heterocycles. The van der Waals surface area contributed by atoms with Crippen molar-refractivity contribution in [2.45, 2.75) is 71.1 Å². The minimum Gasteiger partial charge on any atom is -1.00 e. The molecule has 5 heteroatoms. The lowest BCUT2D eigenvalue weighted by Gasteiger charge is -2.32. The van der Waals surface area contributed by atoms with E-state index in [9.17, 15) is 0 Å². The summed E-state index contributed by atoms with van der Waals surface area (Å²) >= 11 is 0. The maximum absolute atomic E-state index is 9.07. The summed E-state index contributed by atoms with van der Waals surface area (Å²) in [6.45, 7) is 5.18. The van der Waals surface area contributed by atoms with E-state index in [2.05, 4.69) is 6.92 Å². The second kappa shape index (κ2) is 18.5. The zero-order chi connectivity index (χ0) is 16.5. The highest BCUT2D eigenvalue weighted by molar-refractivity contribution is 4.47. The SMILES string of the molecule is CCCCCCCCCCCCOC[N+](C)(CCO)CCO.[Cl-]. The lowest BCUT2D eigenvalue weighted by Crippen LogP contribution is -3.00. The molecule has 0 aliphatic heterocycles. The second-order valence-corrected chi connectivity index (χ2v) is 6.73. The smallest absolute Gasteiger partial charge is 0.183 e. The third kappa shape index (κ3) is 16.8. The van der Waals surface area contributed by atoms with Crippen LogP contribution in [0.1, 0.15) is 71.1 Å². The topological polar surface area (TPSA) is 49.7 Å². The molecule has 0 radical (unpaired) electrons. The summed E-state index contributed by atoms with van der Waals surface area (Å²) in [5, 5.41) is 18.1. The van der Waals surface area contributed by atoms with Crippen molar-refractivity contribution in [3.8, 4) is 0 Å². The number of rotatable bonds is 17. The van der Waals surface area contributed by atoms with Crippen molar-refractivity contribution in [3.05, 3.63) is 0 Å². The molecular weight excluding hydrogens is 314 g/mol. The number of aliphatic hydroxyl groups excluding tert-OH is 2. The van der Waals surface area contributed by atoms with Gasteiger partial charge >= 0.3 is 0 Å². The van der Waals surface area contributed by atoms with Gasteiger partial charge in [0.1, 0.15) is 13.1 Å². The van der Waals surface area contributed by atoms with E-state index in [0.29, 0.717) is 24.3 Å². The Kier molecular flexibility index (Phi) is 20.4. The van der Waals surface area contributed by atoms with E-state index in [4.69, 9.17) is 14.9 Å². The molecule has 4 nitrogen and oxygen atoms in total. The Morgan fingerprint density at radius 2 is 1.17 bits per heavy atom. The molecule has 0 saturated carbocycles. The van der Waals surface area contributed by atoms with Crippen molar-refractivity contribution in [1.29, 1.82) is 0 Å². The summed E-state index contributed by atoms with van der Waals surface area (Å²) in [5.41, 5.74) is 0. The summed E-state index contributed by atoms with van der Waals surface area (Å²) in [6, 6.07) is 0. The Morgan fingerprint density at radius 1 is 0.739 bits per heavy atom. The second-order valence-electron chi connectivity index (χ2n) is 6.73. The summed E-state index contributed by atoms with van der Waals surface area (Å²) < 4.78 is 6.31. The van der Waals surface area contributed by atoms with Crippen molar-refractivity contribution in [1.82, 2.24) is 0 Å². The molecule has 0 aliphatic carbocycles. The predicted octanol–water partition coefficient (Wildman–Crippen LogP) is 0.317. The lowest BCUT2D eigenvalue weighted by molar-refractivity contribution is -0.928. The van der Waals surface area contributed by atoms with Crippen molar-refractivity contribution in [2.75, 3.05) is 46.7 Å². The molecule has 0 atom stereocenters. The van der Waals surface area contributed by atoms with E-state index < -0.39 is 0 Å². The van der Waals surface area contributed by atoms with Gasteiger partial charge < -0.3 is 27.4 Å². The quantitative estimate of drug-likeness (QED) is 0.225. The van der Waals surface area contributed by atoms with Crippen LogP contribution in [0.2, 0.25) is 0 Å². The van der Waals surface area contributed by atoms with Crippen LogP contribution in [-0.2, 0) is 4.74 Å². The van der Waals surface area contributed by atoms with Gasteiger partial charge in [0.25, 0.3) is 0 Å². The molecule has 0 heterocycles. The van der Waals surface area contributed by atoms with E-state index in [-0.39, 0.29) is 25.6 Å². The first kappa shape index (κ1) is 25.4. The van der Waals surface area contributed by atoms with Gasteiger partial charge in [-0.3, -0.25) is 4.48 Å². The van der Waals surface area contributed by atoms with Gasteiger partial charge in [0, 0.05) is 0 Å². The van der Waals surface area contributed by atoms with E-state index in [1.54, 1.807) is 0 Å². The van der Waals surface area contributed by atoms with Crippen LogP contribution in [0.5, 0.6) is 0 Å². The Morgan fingerprint density at radius 3 is 1.61 bits per heavy atom. The third-order valence-corrected chi connectivity index (χ3v) is 4.32. The van der Waals surface area contributed by atoms with E-state index >= 15 is 0 Å². The molecule has 23 heavy (non-hydrogen) atoms. The lowest BCUT2D eigenvalue weighted by atomic mass is 10.1. The fourth-order valence-corrected chi connectivity index (χ4v) is 2.70. The summed E-state index contributed by atoms with van der Waals surface area (Å²) in [7, 11) is 2.02. The van der Waals surface area contributed by atoms with Gasteiger partial charge in [-0.1, -0.05) is 64.7 Å². The average Bonchev–Trinajstić information content (AvgIpc) is 2.49. The molecule has 0 aliphatic rings. The number of nitrogens with zero attached hydrogens (tertiary/aromatic N) is 1. The van der Waals surface area contributed by atoms with Gasteiger partial charge in [0.05, 0.1) is 26.9 Å². The number of quaternary nitrogens is 1. The Hall–Kier alpha value is 0.130. The van der Waals surface area contributed by atoms with Crippen LogP contribution < -0.4 is 12.4 Å².